The molecule has 0 aromatic carbocycles. The number of carboxylic acids is 1. The van der Waals surface area contributed by atoms with Crippen molar-refractivity contribution in [1.82, 2.24) is 4.68 Å². The molecular formula is C8H8N2O5. The van der Waals surface area contributed by atoms with Crippen LogP contribution in [0.1, 0.15) is 10.4 Å². The van der Waals surface area contributed by atoms with Crippen LogP contribution in [0.2, 0.25) is 0 Å². The third-order valence-electron chi connectivity index (χ3n) is 1.56. The summed E-state index contributed by atoms with van der Waals surface area (Å²) in [6.07, 6.45) is 1.43. The molecule has 7 nitrogen and oxygen atoms in total. The van der Waals surface area contributed by atoms with Crippen molar-refractivity contribution in [2.75, 3.05) is 12.5 Å². The van der Waals surface area contributed by atoms with Gasteiger partial charge in [-0.05, 0) is 0 Å². The van der Waals surface area contributed by atoms with E-state index in [2.05, 4.69) is 10.2 Å². The number of pyridine rings is 1. The van der Waals surface area contributed by atoms with Gasteiger partial charge >= 0.3 is 12.1 Å². The van der Waals surface area contributed by atoms with Gasteiger partial charge in [0.05, 0.1) is 7.11 Å². The van der Waals surface area contributed by atoms with E-state index in [9.17, 15) is 14.4 Å². The number of nitrogens with one attached hydrogen (secondary N) is 1. The van der Waals surface area contributed by atoms with Crippen LogP contribution in [-0.4, -0.2) is 29.0 Å². The summed E-state index contributed by atoms with van der Waals surface area (Å²) >= 11 is 0. The smallest absolute Gasteiger partial charge is 0.426 e. The number of amides is 1. The SMILES string of the molecule is COC(=O)Nn1ccc(=O)c(C(=O)O)c1. The second kappa shape index (κ2) is 4.27. The third-order valence-corrected chi connectivity index (χ3v) is 1.56. The van der Waals surface area contributed by atoms with Crippen LogP contribution in [0.5, 0.6) is 0 Å². The van der Waals surface area contributed by atoms with Gasteiger partial charge in [0.1, 0.15) is 5.56 Å². The molecule has 1 amide bonds. The predicted octanol–water partition coefficient (Wildman–Crippen LogP) is -0.144. The zero-order valence-electron chi connectivity index (χ0n) is 7.76. The minimum Gasteiger partial charge on any atom is -0.477 e. The van der Waals surface area contributed by atoms with E-state index in [1.807, 2.05) is 0 Å². The molecule has 0 aliphatic rings. The van der Waals surface area contributed by atoms with E-state index < -0.39 is 23.1 Å². The maximum atomic E-state index is 11.0. The fraction of sp³-hybridized carbons (Fsp3) is 0.125. The van der Waals surface area contributed by atoms with Crippen molar-refractivity contribution in [3.05, 3.63) is 34.2 Å². The van der Waals surface area contributed by atoms with Gasteiger partial charge in [-0.1, -0.05) is 0 Å². The molecule has 1 aromatic heterocycles. The van der Waals surface area contributed by atoms with Crippen molar-refractivity contribution >= 4 is 12.1 Å². The highest BCUT2D eigenvalue weighted by atomic mass is 16.5. The maximum absolute atomic E-state index is 11.0. The Morgan fingerprint density at radius 3 is 2.73 bits per heavy atom. The van der Waals surface area contributed by atoms with Gasteiger partial charge in [-0.3, -0.25) is 9.47 Å². The summed E-state index contributed by atoms with van der Waals surface area (Å²) < 4.78 is 5.31. The van der Waals surface area contributed by atoms with E-state index in [0.717, 1.165) is 24.0 Å². The molecule has 2 N–H and O–H groups in total. The quantitative estimate of drug-likeness (QED) is 0.710. The first kappa shape index (κ1) is 10.8. The van der Waals surface area contributed by atoms with Crippen LogP contribution in [0.15, 0.2) is 23.3 Å². The molecule has 0 atom stereocenters. The van der Waals surface area contributed by atoms with Crippen LogP contribution in [-0.2, 0) is 4.74 Å². The Balaban J connectivity index is 3.03. The first-order chi connectivity index (χ1) is 7.04. The summed E-state index contributed by atoms with van der Waals surface area (Å²) in [5.74, 6) is -1.36. The molecule has 7 heteroatoms. The van der Waals surface area contributed by atoms with Crippen molar-refractivity contribution in [2.24, 2.45) is 0 Å². The number of rotatable bonds is 2. The Kier molecular flexibility index (Phi) is 3.06. The Hall–Kier alpha value is -2.31. The van der Waals surface area contributed by atoms with Crippen LogP contribution < -0.4 is 10.9 Å². The molecule has 0 radical (unpaired) electrons. The molecular weight excluding hydrogens is 204 g/mol. The Bertz CT molecular complexity index is 451. The van der Waals surface area contributed by atoms with Crippen LogP contribution in [0.25, 0.3) is 0 Å². The molecule has 0 fully saturated rings. The zero-order chi connectivity index (χ0) is 11.4. The van der Waals surface area contributed by atoms with E-state index >= 15 is 0 Å². The number of methoxy groups -OCH3 is 1. The van der Waals surface area contributed by atoms with Gasteiger partial charge in [0.25, 0.3) is 0 Å². The van der Waals surface area contributed by atoms with Crippen LogP contribution >= 0.6 is 0 Å². The molecule has 15 heavy (non-hydrogen) atoms. The molecule has 1 rings (SSSR count). The maximum Gasteiger partial charge on any atom is 0.426 e. The number of carbonyl (C=O) groups excluding carboxylic acids is 1. The monoisotopic (exact) mass is 212 g/mol. The summed E-state index contributed by atoms with van der Waals surface area (Å²) in [4.78, 5) is 32.4. The molecule has 0 aliphatic heterocycles. The number of aromatic carboxylic acids is 1. The lowest BCUT2D eigenvalue weighted by Gasteiger charge is -2.07. The molecule has 1 aromatic rings. The first-order valence-corrected chi connectivity index (χ1v) is 3.85. The number of carboxylic acid groups (broad SMARTS) is 1. The van der Waals surface area contributed by atoms with Gasteiger partial charge in [-0.15, -0.1) is 0 Å². The summed E-state index contributed by atoms with van der Waals surface area (Å²) in [6.45, 7) is 0. The van der Waals surface area contributed by atoms with Gasteiger partial charge in [0, 0.05) is 18.5 Å². The van der Waals surface area contributed by atoms with Crippen molar-refractivity contribution < 1.29 is 19.4 Å². The zero-order valence-corrected chi connectivity index (χ0v) is 7.76. The predicted molar refractivity (Wildman–Crippen MR) is 49.4 cm³/mol. The molecule has 80 valence electrons. The molecule has 0 bridgehead atoms. The molecule has 1 heterocycles. The molecule has 0 saturated heterocycles. The van der Waals surface area contributed by atoms with Gasteiger partial charge in [0.15, 0.2) is 5.43 Å². The molecule has 0 spiro atoms. The average molecular weight is 212 g/mol. The minimum atomic E-state index is -1.36. The van der Waals surface area contributed by atoms with E-state index in [4.69, 9.17) is 5.11 Å². The summed E-state index contributed by atoms with van der Waals surface area (Å²) in [5, 5.41) is 8.62. The van der Waals surface area contributed by atoms with Crippen molar-refractivity contribution in [2.45, 2.75) is 0 Å². The fourth-order valence-corrected chi connectivity index (χ4v) is 0.865. The number of nitrogens with zero attached hydrogens (tertiary/aromatic N) is 1. The highest BCUT2D eigenvalue weighted by Gasteiger charge is 2.09. The van der Waals surface area contributed by atoms with Crippen molar-refractivity contribution in [1.29, 1.82) is 0 Å². The summed E-state index contributed by atoms with van der Waals surface area (Å²) in [6, 6.07) is 1.03. The summed E-state index contributed by atoms with van der Waals surface area (Å²) in [7, 11) is 1.16. The van der Waals surface area contributed by atoms with E-state index in [1.54, 1.807) is 0 Å². The highest BCUT2D eigenvalue weighted by Crippen LogP contribution is 1.91. The highest BCUT2D eigenvalue weighted by molar-refractivity contribution is 5.87. The van der Waals surface area contributed by atoms with Gasteiger partial charge in [0.2, 0.25) is 0 Å². The van der Waals surface area contributed by atoms with Gasteiger partial charge in [-0.2, -0.15) is 0 Å². The number of aromatic nitrogens is 1. The molecule has 0 saturated carbocycles. The lowest BCUT2D eigenvalue weighted by atomic mass is 10.3. The number of hydrogen-bond acceptors (Lipinski definition) is 4. The van der Waals surface area contributed by atoms with Crippen LogP contribution in [0.3, 0.4) is 0 Å². The first-order valence-electron chi connectivity index (χ1n) is 3.85. The summed E-state index contributed by atoms with van der Waals surface area (Å²) in [5.41, 5.74) is 1.10. The van der Waals surface area contributed by atoms with Gasteiger partial charge in [-0.25, -0.2) is 15.0 Å². The number of ether oxygens (including phenoxy) is 1. The lowest BCUT2D eigenvalue weighted by molar-refractivity contribution is 0.0694. The van der Waals surface area contributed by atoms with Crippen LogP contribution in [0.4, 0.5) is 4.79 Å². The van der Waals surface area contributed by atoms with E-state index in [-0.39, 0.29) is 0 Å². The fourth-order valence-electron chi connectivity index (χ4n) is 0.865. The van der Waals surface area contributed by atoms with Crippen molar-refractivity contribution in [3.63, 3.8) is 0 Å². The van der Waals surface area contributed by atoms with E-state index in [1.165, 1.54) is 6.20 Å². The Morgan fingerprint density at radius 1 is 1.53 bits per heavy atom. The second-order valence-electron chi connectivity index (χ2n) is 2.54. The van der Waals surface area contributed by atoms with Crippen molar-refractivity contribution in [3.8, 4) is 0 Å². The largest absolute Gasteiger partial charge is 0.477 e. The number of carbonyl (C=O) groups is 2. The standard InChI is InChI=1S/C8H8N2O5/c1-15-8(14)9-10-3-2-6(11)5(4-10)7(12)13/h2-4H,1H3,(H,9,14)(H,12,13). The topological polar surface area (TPSA) is 97.6 Å². The minimum absolute atomic E-state index is 0.436. The molecule has 0 aliphatic carbocycles. The average Bonchev–Trinajstić information content (AvgIpc) is 2.20. The molecule has 0 unspecified atom stereocenters. The third kappa shape index (κ3) is 2.56. The van der Waals surface area contributed by atoms with Crippen LogP contribution in [0, 0.1) is 0 Å². The van der Waals surface area contributed by atoms with E-state index in [0.29, 0.717) is 0 Å². The Morgan fingerprint density at radius 2 is 2.20 bits per heavy atom. The van der Waals surface area contributed by atoms with Gasteiger partial charge < -0.3 is 9.84 Å². The second-order valence-corrected chi connectivity index (χ2v) is 2.54. The normalized spacial score (nSPS) is 9.40. The number of hydrogen-bond donors (Lipinski definition) is 2. The Labute approximate surface area is 83.9 Å². The lowest BCUT2D eigenvalue weighted by Crippen LogP contribution is -2.25.